The summed E-state index contributed by atoms with van der Waals surface area (Å²) in [5, 5.41) is 6.13. The summed E-state index contributed by atoms with van der Waals surface area (Å²) in [4.78, 5) is 11.8. The van der Waals surface area contributed by atoms with E-state index in [1.807, 2.05) is 20.8 Å². The van der Waals surface area contributed by atoms with Crippen molar-refractivity contribution >= 4 is 15.9 Å². The Kier molecular flexibility index (Phi) is 7.58. The van der Waals surface area contributed by atoms with Gasteiger partial charge in [0.2, 0.25) is 15.9 Å². The van der Waals surface area contributed by atoms with Crippen molar-refractivity contribution in [3.8, 4) is 0 Å². The van der Waals surface area contributed by atoms with Gasteiger partial charge in [0.25, 0.3) is 0 Å². The van der Waals surface area contributed by atoms with E-state index in [1.165, 1.54) is 0 Å². The van der Waals surface area contributed by atoms with Crippen molar-refractivity contribution in [3.63, 3.8) is 0 Å². The second kappa shape index (κ2) is 8.67. The molecule has 1 aliphatic rings. The van der Waals surface area contributed by atoms with E-state index in [0.29, 0.717) is 0 Å². The SMILES string of the molecule is CC(C)OCCS(=O)(=O)NCC(=O)NC1CCCNC1C. The molecule has 1 saturated heterocycles. The molecular weight excluding hydrogens is 294 g/mol. The van der Waals surface area contributed by atoms with Crippen LogP contribution in [0, 0.1) is 0 Å². The quantitative estimate of drug-likeness (QED) is 0.565. The van der Waals surface area contributed by atoms with Gasteiger partial charge in [-0.15, -0.1) is 0 Å². The van der Waals surface area contributed by atoms with Crippen LogP contribution in [0.2, 0.25) is 0 Å². The molecule has 3 N–H and O–H groups in total. The molecule has 7 nitrogen and oxygen atoms in total. The first-order chi connectivity index (χ1) is 9.80. The number of ether oxygens (including phenoxy) is 1. The van der Waals surface area contributed by atoms with Crippen LogP contribution >= 0.6 is 0 Å². The Balaban J connectivity index is 2.28. The molecule has 0 saturated carbocycles. The van der Waals surface area contributed by atoms with Crippen molar-refractivity contribution in [2.75, 3.05) is 25.4 Å². The van der Waals surface area contributed by atoms with Crippen LogP contribution in [0.25, 0.3) is 0 Å². The summed E-state index contributed by atoms with van der Waals surface area (Å²) in [5.41, 5.74) is 0. The third kappa shape index (κ3) is 7.75. The van der Waals surface area contributed by atoms with Crippen LogP contribution in [-0.4, -0.2) is 58.0 Å². The fraction of sp³-hybridized carbons (Fsp3) is 0.923. The molecule has 0 radical (unpaired) electrons. The van der Waals surface area contributed by atoms with Crippen LogP contribution in [0.3, 0.4) is 0 Å². The second-order valence-electron chi connectivity index (χ2n) is 5.62. The van der Waals surface area contributed by atoms with Crippen molar-refractivity contribution in [1.82, 2.24) is 15.4 Å². The zero-order valence-corrected chi connectivity index (χ0v) is 13.8. The first-order valence-electron chi connectivity index (χ1n) is 7.42. The molecule has 1 rings (SSSR count). The highest BCUT2D eigenvalue weighted by Crippen LogP contribution is 2.07. The number of rotatable bonds is 8. The van der Waals surface area contributed by atoms with E-state index in [9.17, 15) is 13.2 Å². The third-order valence-electron chi connectivity index (χ3n) is 3.36. The number of piperidine rings is 1. The molecule has 1 fully saturated rings. The van der Waals surface area contributed by atoms with Gasteiger partial charge in [0, 0.05) is 12.1 Å². The van der Waals surface area contributed by atoms with E-state index < -0.39 is 10.0 Å². The minimum absolute atomic E-state index is 0.0104. The Morgan fingerprint density at radius 2 is 2.14 bits per heavy atom. The largest absolute Gasteiger partial charge is 0.378 e. The summed E-state index contributed by atoms with van der Waals surface area (Å²) < 4.78 is 30.9. The van der Waals surface area contributed by atoms with Gasteiger partial charge in [0.15, 0.2) is 0 Å². The second-order valence-corrected chi connectivity index (χ2v) is 7.54. The molecule has 21 heavy (non-hydrogen) atoms. The number of hydrogen-bond donors (Lipinski definition) is 3. The molecule has 2 unspecified atom stereocenters. The Morgan fingerprint density at radius 3 is 2.76 bits per heavy atom. The van der Waals surface area contributed by atoms with E-state index in [2.05, 4.69) is 15.4 Å². The van der Waals surface area contributed by atoms with Crippen LogP contribution in [-0.2, 0) is 19.6 Å². The molecule has 2 atom stereocenters. The van der Waals surface area contributed by atoms with Crippen molar-refractivity contribution in [2.24, 2.45) is 0 Å². The van der Waals surface area contributed by atoms with E-state index in [0.717, 1.165) is 19.4 Å². The molecule has 0 aromatic rings. The molecular formula is C13H27N3O4S. The lowest BCUT2D eigenvalue weighted by Gasteiger charge is -2.30. The van der Waals surface area contributed by atoms with Crippen LogP contribution in [0.15, 0.2) is 0 Å². The Bertz CT molecular complexity index is 425. The third-order valence-corrected chi connectivity index (χ3v) is 4.65. The lowest BCUT2D eigenvalue weighted by atomic mass is 10.00. The van der Waals surface area contributed by atoms with Gasteiger partial charge in [-0.3, -0.25) is 4.79 Å². The summed E-state index contributed by atoms with van der Waals surface area (Å²) in [7, 11) is -3.48. The van der Waals surface area contributed by atoms with Crippen LogP contribution in [0.4, 0.5) is 0 Å². The van der Waals surface area contributed by atoms with E-state index >= 15 is 0 Å². The van der Waals surface area contributed by atoms with Gasteiger partial charge in [-0.05, 0) is 40.2 Å². The van der Waals surface area contributed by atoms with E-state index in [-0.39, 0.29) is 43.0 Å². The zero-order valence-electron chi connectivity index (χ0n) is 13.0. The Hall–Kier alpha value is -0.700. The molecule has 0 bridgehead atoms. The lowest BCUT2D eigenvalue weighted by molar-refractivity contribution is -0.121. The van der Waals surface area contributed by atoms with Gasteiger partial charge >= 0.3 is 0 Å². The summed E-state index contributed by atoms with van der Waals surface area (Å²) in [5.74, 6) is -0.441. The number of hydrogen-bond acceptors (Lipinski definition) is 5. The smallest absolute Gasteiger partial charge is 0.235 e. The van der Waals surface area contributed by atoms with Gasteiger partial charge in [-0.2, -0.15) is 0 Å². The standard InChI is InChI=1S/C13H27N3O4S/c1-10(2)20-7-8-21(18,19)15-9-13(17)16-12-5-4-6-14-11(12)3/h10-12,14-15H,4-9H2,1-3H3,(H,16,17). The number of nitrogens with one attached hydrogen (secondary N) is 3. The maximum Gasteiger partial charge on any atom is 0.235 e. The molecule has 8 heteroatoms. The fourth-order valence-electron chi connectivity index (χ4n) is 2.14. The average molecular weight is 321 g/mol. The van der Waals surface area contributed by atoms with E-state index in [4.69, 9.17) is 4.74 Å². The maximum atomic E-state index is 11.8. The van der Waals surface area contributed by atoms with Gasteiger partial charge in [-0.25, -0.2) is 13.1 Å². The topological polar surface area (TPSA) is 96.5 Å². The monoisotopic (exact) mass is 321 g/mol. The Morgan fingerprint density at radius 1 is 1.43 bits per heavy atom. The van der Waals surface area contributed by atoms with Crippen LogP contribution < -0.4 is 15.4 Å². The number of carbonyl (C=O) groups excluding carboxylic acids is 1. The van der Waals surface area contributed by atoms with E-state index in [1.54, 1.807) is 0 Å². The van der Waals surface area contributed by atoms with Crippen LogP contribution in [0.1, 0.15) is 33.6 Å². The first kappa shape index (κ1) is 18.3. The molecule has 0 aromatic heterocycles. The molecule has 0 aliphatic carbocycles. The average Bonchev–Trinajstić information content (AvgIpc) is 2.39. The van der Waals surface area contributed by atoms with Crippen LogP contribution in [0.5, 0.6) is 0 Å². The van der Waals surface area contributed by atoms with Crippen molar-refractivity contribution in [2.45, 2.75) is 51.8 Å². The van der Waals surface area contributed by atoms with Gasteiger partial charge in [0.1, 0.15) is 0 Å². The minimum Gasteiger partial charge on any atom is -0.378 e. The Labute approximate surface area is 127 Å². The predicted molar refractivity (Wildman–Crippen MR) is 81.5 cm³/mol. The summed E-state index contributed by atoms with van der Waals surface area (Å²) in [6.45, 7) is 6.54. The summed E-state index contributed by atoms with van der Waals surface area (Å²) in [6, 6.07) is 0.263. The molecule has 124 valence electrons. The zero-order chi connectivity index (χ0) is 15.9. The number of carbonyl (C=O) groups is 1. The lowest BCUT2D eigenvalue weighted by Crippen LogP contribution is -2.53. The normalized spacial score (nSPS) is 23.2. The first-order valence-corrected chi connectivity index (χ1v) is 9.07. The fourth-order valence-corrected chi connectivity index (χ4v) is 2.95. The number of amides is 1. The van der Waals surface area contributed by atoms with Gasteiger partial charge < -0.3 is 15.4 Å². The van der Waals surface area contributed by atoms with Gasteiger partial charge in [-0.1, -0.05) is 0 Å². The number of sulfonamides is 1. The van der Waals surface area contributed by atoms with Crippen molar-refractivity contribution in [3.05, 3.63) is 0 Å². The summed E-state index contributed by atoms with van der Waals surface area (Å²) in [6.07, 6.45) is 1.91. The highest BCUT2D eigenvalue weighted by Gasteiger charge is 2.22. The molecule has 1 amide bonds. The molecule has 1 aliphatic heterocycles. The maximum absolute atomic E-state index is 11.8. The van der Waals surface area contributed by atoms with Gasteiger partial charge in [0.05, 0.1) is 25.0 Å². The predicted octanol–water partition coefficient (Wildman–Crippen LogP) is -0.412. The minimum atomic E-state index is -3.48. The molecule has 0 aromatic carbocycles. The summed E-state index contributed by atoms with van der Waals surface area (Å²) >= 11 is 0. The molecule has 1 heterocycles. The highest BCUT2D eigenvalue weighted by atomic mass is 32.2. The molecule has 0 spiro atoms. The van der Waals surface area contributed by atoms with Crippen molar-refractivity contribution in [1.29, 1.82) is 0 Å². The van der Waals surface area contributed by atoms with Crippen molar-refractivity contribution < 1.29 is 17.9 Å². The highest BCUT2D eigenvalue weighted by molar-refractivity contribution is 7.89.